The van der Waals surface area contributed by atoms with Gasteiger partial charge in [-0.3, -0.25) is 4.79 Å². The van der Waals surface area contributed by atoms with Gasteiger partial charge < -0.3 is 10.5 Å². The van der Waals surface area contributed by atoms with Crippen molar-refractivity contribution in [2.45, 2.75) is 12.6 Å². The minimum atomic E-state index is -0.379. The first-order valence-corrected chi connectivity index (χ1v) is 5.22. The quantitative estimate of drug-likeness (QED) is 0.789. The van der Waals surface area contributed by atoms with Gasteiger partial charge in [0, 0.05) is 0 Å². The van der Waals surface area contributed by atoms with Gasteiger partial charge in [-0.2, -0.15) is 5.10 Å². The second-order valence-corrected chi connectivity index (χ2v) is 3.57. The van der Waals surface area contributed by atoms with Crippen molar-refractivity contribution >= 4 is 12.3 Å². The number of nitrogen functional groups attached to an aromatic ring is 1. The Kier molecular flexibility index (Phi) is 3.40. The van der Waals surface area contributed by atoms with Crippen molar-refractivity contribution in [3.8, 4) is 0 Å². The fraction of sp³-hybridized carbons (Fsp3) is 0.167. The zero-order chi connectivity index (χ0) is 12.1. The molecule has 5 nitrogen and oxygen atoms in total. The van der Waals surface area contributed by atoms with E-state index in [1.165, 1.54) is 0 Å². The first-order valence-electron chi connectivity index (χ1n) is 5.22. The Morgan fingerprint density at radius 2 is 2.12 bits per heavy atom. The van der Waals surface area contributed by atoms with Gasteiger partial charge in [-0.1, -0.05) is 30.3 Å². The molecule has 5 heteroatoms. The van der Waals surface area contributed by atoms with Crippen molar-refractivity contribution in [3.05, 3.63) is 48.2 Å². The lowest BCUT2D eigenvalue weighted by molar-refractivity contribution is -0.134. The first kappa shape index (κ1) is 11.2. The maximum atomic E-state index is 10.5. The summed E-state index contributed by atoms with van der Waals surface area (Å²) in [6.07, 6.45) is 1.23. The fourth-order valence-electron chi connectivity index (χ4n) is 1.61. The monoisotopic (exact) mass is 231 g/mol. The van der Waals surface area contributed by atoms with Crippen molar-refractivity contribution in [2.24, 2.45) is 0 Å². The van der Waals surface area contributed by atoms with Crippen LogP contribution < -0.4 is 5.73 Å². The molecule has 0 aliphatic rings. The van der Waals surface area contributed by atoms with Crippen LogP contribution in [0.25, 0.3) is 0 Å². The summed E-state index contributed by atoms with van der Waals surface area (Å²) in [5, 5.41) is 4.06. The van der Waals surface area contributed by atoms with Crippen LogP contribution in [0.3, 0.4) is 0 Å². The second-order valence-electron chi connectivity index (χ2n) is 3.57. The number of carbonyl (C=O) groups is 1. The van der Waals surface area contributed by atoms with Crippen LogP contribution in [0.1, 0.15) is 11.7 Å². The number of hydrogen-bond donors (Lipinski definition) is 1. The van der Waals surface area contributed by atoms with Gasteiger partial charge in [0.15, 0.2) is 0 Å². The van der Waals surface area contributed by atoms with E-state index in [2.05, 4.69) is 5.10 Å². The summed E-state index contributed by atoms with van der Waals surface area (Å²) >= 11 is 0. The molecule has 17 heavy (non-hydrogen) atoms. The molecule has 2 aromatic rings. The molecular weight excluding hydrogens is 218 g/mol. The van der Waals surface area contributed by atoms with E-state index in [1.807, 2.05) is 30.3 Å². The van der Waals surface area contributed by atoms with E-state index in [-0.39, 0.29) is 6.10 Å². The Morgan fingerprint density at radius 1 is 1.35 bits per heavy atom. The van der Waals surface area contributed by atoms with Gasteiger partial charge in [0.25, 0.3) is 6.47 Å². The summed E-state index contributed by atoms with van der Waals surface area (Å²) in [4.78, 5) is 10.5. The van der Waals surface area contributed by atoms with Crippen molar-refractivity contribution in [2.75, 3.05) is 5.73 Å². The number of hydrogen-bond acceptors (Lipinski definition) is 4. The molecule has 2 rings (SSSR count). The number of rotatable bonds is 5. The van der Waals surface area contributed by atoms with Crippen LogP contribution in [0, 0.1) is 0 Å². The highest BCUT2D eigenvalue weighted by Gasteiger charge is 2.14. The smallest absolute Gasteiger partial charge is 0.293 e. The Balaban J connectivity index is 2.19. The maximum absolute atomic E-state index is 10.5. The molecule has 0 spiro atoms. The number of nitrogens with two attached hydrogens (primary N) is 1. The molecule has 0 saturated carbocycles. The first-order chi connectivity index (χ1) is 8.31. The van der Waals surface area contributed by atoms with Crippen LogP contribution in [0.4, 0.5) is 5.82 Å². The highest BCUT2D eigenvalue weighted by Crippen LogP contribution is 2.19. The summed E-state index contributed by atoms with van der Waals surface area (Å²) in [5.41, 5.74) is 6.63. The largest absolute Gasteiger partial charge is 0.458 e. The molecule has 1 aromatic carbocycles. The summed E-state index contributed by atoms with van der Waals surface area (Å²) in [6.45, 7) is 0.846. The SMILES string of the molecule is Nc1ccnn1CC(OC=O)c1ccccc1. The fourth-order valence-corrected chi connectivity index (χ4v) is 1.61. The predicted octanol–water partition coefficient (Wildman–Crippen LogP) is 1.38. The van der Waals surface area contributed by atoms with Crippen LogP contribution >= 0.6 is 0 Å². The molecule has 0 saturated heterocycles. The molecule has 88 valence electrons. The van der Waals surface area contributed by atoms with Crippen LogP contribution in [0.5, 0.6) is 0 Å². The lowest BCUT2D eigenvalue weighted by atomic mass is 10.1. The highest BCUT2D eigenvalue weighted by molar-refractivity contribution is 5.38. The van der Waals surface area contributed by atoms with Gasteiger partial charge in [-0.05, 0) is 11.6 Å². The van der Waals surface area contributed by atoms with Crippen LogP contribution in [-0.2, 0) is 16.1 Å². The molecule has 0 aliphatic carbocycles. The number of aromatic nitrogens is 2. The Bertz CT molecular complexity index is 482. The van der Waals surface area contributed by atoms with Crippen LogP contribution in [0.2, 0.25) is 0 Å². The molecule has 0 aliphatic heterocycles. The lowest BCUT2D eigenvalue weighted by Gasteiger charge is -2.16. The van der Waals surface area contributed by atoms with E-state index in [4.69, 9.17) is 10.5 Å². The highest BCUT2D eigenvalue weighted by atomic mass is 16.5. The maximum Gasteiger partial charge on any atom is 0.293 e. The van der Waals surface area contributed by atoms with Gasteiger partial charge in [0.1, 0.15) is 11.9 Å². The summed E-state index contributed by atoms with van der Waals surface area (Å²) in [7, 11) is 0. The van der Waals surface area contributed by atoms with E-state index < -0.39 is 0 Å². The van der Waals surface area contributed by atoms with Gasteiger partial charge in [-0.25, -0.2) is 4.68 Å². The molecule has 0 radical (unpaired) electrons. The number of carbonyl (C=O) groups excluding carboxylic acids is 1. The van der Waals surface area contributed by atoms with Gasteiger partial charge >= 0.3 is 0 Å². The van der Waals surface area contributed by atoms with E-state index in [1.54, 1.807) is 16.9 Å². The molecular formula is C12H13N3O2. The van der Waals surface area contributed by atoms with Gasteiger partial charge in [-0.15, -0.1) is 0 Å². The molecule has 0 bridgehead atoms. The third-order valence-corrected chi connectivity index (χ3v) is 2.48. The second kappa shape index (κ2) is 5.16. The average molecular weight is 231 g/mol. The van der Waals surface area contributed by atoms with E-state index in [0.29, 0.717) is 18.8 Å². The van der Waals surface area contributed by atoms with Crippen molar-refractivity contribution < 1.29 is 9.53 Å². The summed E-state index contributed by atoms with van der Waals surface area (Å²) < 4.78 is 6.66. The molecule has 1 atom stereocenters. The molecule has 0 amide bonds. The molecule has 2 N–H and O–H groups in total. The Morgan fingerprint density at radius 3 is 2.71 bits per heavy atom. The standard InChI is InChI=1S/C12H13N3O2/c13-12-6-7-14-15(12)8-11(17-9-16)10-4-2-1-3-5-10/h1-7,9,11H,8,13H2. The van der Waals surface area contributed by atoms with Crippen LogP contribution in [0.15, 0.2) is 42.6 Å². The Labute approximate surface area is 98.8 Å². The predicted molar refractivity (Wildman–Crippen MR) is 63.0 cm³/mol. The molecule has 1 unspecified atom stereocenters. The van der Waals surface area contributed by atoms with Gasteiger partial charge in [0.05, 0.1) is 12.7 Å². The number of benzene rings is 1. The summed E-state index contributed by atoms with van der Waals surface area (Å²) in [6, 6.07) is 11.2. The molecule has 1 heterocycles. The topological polar surface area (TPSA) is 70.1 Å². The molecule has 0 fully saturated rings. The number of ether oxygens (including phenoxy) is 1. The van der Waals surface area contributed by atoms with E-state index in [0.717, 1.165) is 5.56 Å². The zero-order valence-electron chi connectivity index (χ0n) is 9.19. The number of nitrogens with zero attached hydrogens (tertiary/aromatic N) is 2. The minimum absolute atomic E-state index is 0.379. The zero-order valence-corrected chi connectivity index (χ0v) is 9.19. The van der Waals surface area contributed by atoms with E-state index >= 15 is 0 Å². The third kappa shape index (κ3) is 2.63. The van der Waals surface area contributed by atoms with Crippen molar-refractivity contribution in [1.29, 1.82) is 0 Å². The molecule has 1 aromatic heterocycles. The summed E-state index contributed by atoms with van der Waals surface area (Å²) in [5.74, 6) is 0.542. The van der Waals surface area contributed by atoms with E-state index in [9.17, 15) is 4.79 Å². The average Bonchev–Trinajstić information content (AvgIpc) is 2.76. The van der Waals surface area contributed by atoms with Crippen molar-refractivity contribution in [3.63, 3.8) is 0 Å². The van der Waals surface area contributed by atoms with Gasteiger partial charge in [0.2, 0.25) is 0 Å². The Hall–Kier alpha value is -2.30. The number of anilines is 1. The lowest BCUT2D eigenvalue weighted by Crippen LogP contribution is -2.14. The third-order valence-electron chi connectivity index (χ3n) is 2.48. The minimum Gasteiger partial charge on any atom is -0.458 e. The van der Waals surface area contributed by atoms with Crippen LogP contribution in [-0.4, -0.2) is 16.3 Å². The normalized spacial score (nSPS) is 12.0. The van der Waals surface area contributed by atoms with Crippen molar-refractivity contribution in [1.82, 2.24) is 9.78 Å².